The highest BCUT2D eigenvalue weighted by atomic mass is 32.1. The first-order chi connectivity index (χ1) is 10.1. The molecule has 2 aromatic heterocycles. The van der Waals surface area contributed by atoms with Gasteiger partial charge in [0, 0.05) is 12.4 Å². The Kier molecular flexibility index (Phi) is 5.10. The van der Waals surface area contributed by atoms with Crippen molar-refractivity contribution >= 4 is 23.2 Å². The number of nitrogens with zero attached hydrogens (tertiary/aromatic N) is 1. The molecular formula is C14H18N4O2S. The number of imidazole rings is 1. The van der Waals surface area contributed by atoms with Crippen molar-refractivity contribution in [2.24, 2.45) is 0 Å². The summed E-state index contributed by atoms with van der Waals surface area (Å²) in [5, 5.41) is 7.38. The van der Waals surface area contributed by atoms with Crippen LogP contribution >= 0.6 is 11.3 Å². The number of amides is 2. The molecule has 0 radical (unpaired) electrons. The van der Waals surface area contributed by atoms with E-state index in [-0.39, 0.29) is 17.9 Å². The van der Waals surface area contributed by atoms with E-state index in [1.54, 1.807) is 31.5 Å². The third-order valence-corrected chi connectivity index (χ3v) is 3.93. The molecule has 2 unspecified atom stereocenters. The summed E-state index contributed by atoms with van der Waals surface area (Å²) < 4.78 is 0. The normalized spacial score (nSPS) is 13.4. The molecule has 2 rings (SSSR count). The lowest BCUT2D eigenvalue weighted by Gasteiger charge is -2.18. The van der Waals surface area contributed by atoms with Crippen LogP contribution in [0.4, 0.5) is 0 Å². The maximum Gasteiger partial charge on any atom is 0.261 e. The Balaban J connectivity index is 1.91. The summed E-state index contributed by atoms with van der Waals surface area (Å²) in [6, 6.07) is 2.73. The van der Waals surface area contributed by atoms with Gasteiger partial charge in [0.05, 0.1) is 10.9 Å². The van der Waals surface area contributed by atoms with Crippen LogP contribution in [0.15, 0.2) is 29.9 Å². The van der Waals surface area contributed by atoms with E-state index in [0.29, 0.717) is 17.1 Å². The summed E-state index contributed by atoms with van der Waals surface area (Å²) in [6.45, 7) is 3.62. The standard InChI is InChI=1S/C14H18N4O2S/c1-3-10(12-15-6-7-16-12)18-13(19)9(2)17-14(20)11-5-4-8-21-11/h4-10H,3H2,1-2H3,(H,15,16)(H,17,20)(H,18,19). The maximum absolute atomic E-state index is 12.1. The lowest BCUT2D eigenvalue weighted by Crippen LogP contribution is -2.45. The van der Waals surface area contributed by atoms with Crippen molar-refractivity contribution in [2.45, 2.75) is 32.4 Å². The fourth-order valence-corrected chi connectivity index (χ4v) is 2.50. The zero-order valence-electron chi connectivity index (χ0n) is 11.9. The fourth-order valence-electron chi connectivity index (χ4n) is 1.87. The van der Waals surface area contributed by atoms with Crippen LogP contribution in [-0.2, 0) is 4.79 Å². The Morgan fingerprint density at radius 1 is 1.43 bits per heavy atom. The minimum absolute atomic E-state index is 0.186. The van der Waals surface area contributed by atoms with Crippen LogP contribution in [0.25, 0.3) is 0 Å². The number of thiophene rings is 1. The van der Waals surface area contributed by atoms with Gasteiger partial charge in [-0.05, 0) is 24.8 Å². The Labute approximate surface area is 127 Å². The van der Waals surface area contributed by atoms with Crippen molar-refractivity contribution in [2.75, 3.05) is 0 Å². The van der Waals surface area contributed by atoms with Crippen molar-refractivity contribution in [3.63, 3.8) is 0 Å². The lowest BCUT2D eigenvalue weighted by atomic mass is 10.2. The first-order valence-corrected chi connectivity index (χ1v) is 7.63. The van der Waals surface area contributed by atoms with Gasteiger partial charge < -0.3 is 15.6 Å². The molecule has 21 heavy (non-hydrogen) atoms. The van der Waals surface area contributed by atoms with Gasteiger partial charge in [-0.1, -0.05) is 13.0 Å². The predicted octanol–water partition coefficient (Wildman–Crippen LogP) is 1.86. The van der Waals surface area contributed by atoms with Gasteiger partial charge in [-0.2, -0.15) is 0 Å². The Morgan fingerprint density at radius 3 is 2.81 bits per heavy atom. The average molecular weight is 306 g/mol. The minimum atomic E-state index is -0.608. The van der Waals surface area contributed by atoms with Gasteiger partial charge in [0.25, 0.3) is 5.91 Å². The number of rotatable bonds is 6. The van der Waals surface area contributed by atoms with Gasteiger partial charge in [0.2, 0.25) is 5.91 Å². The number of aromatic amines is 1. The molecule has 2 heterocycles. The number of nitrogens with one attached hydrogen (secondary N) is 3. The van der Waals surface area contributed by atoms with E-state index in [4.69, 9.17) is 0 Å². The molecule has 2 amide bonds. The van der Waals surface area contributed by atoms with Crippen LogP contribution < -0.4 is 10.6 Å². The number of carbonyl (C=O) groups excluding carboxylic acids is 2. The van der Waals surface area contributed by atoms with Gasteiger partial charge in [0.15, 0.2) is 0 Å². The second-order valence-corrected chi connectivity index (χ2v) is 5.56. The van der Waals surface area contributed by atoms with Crippen LogP contribution in [0, 0.1) is 0 Å². The monoisotopic (exact) mass is 306 g/mol. The zero-order chi connectivity index (χ0) is 15.2. The van der Waals surface area contributed by atoms with Gasteiger partial charge in [-0.3, -0.25) is 9.59 Å². The molecular weight excluding hydrogens is 288 g/mol. The van der Waals surface area contributed by atoms with E-state index in [9.17, 15) is 9.59 Å². The predicted molar refractivity (Wildman–Crippen MR) is 81.0 cm³/mol. The van der Waals surface area contributed by atoms with Gasteiger partial charge in [-0.25, -0.2) is 4.98 Å². The quantitative estimate of drug-likeness (QED) is 0.761. The molecule has 0 spiro atoms. The summed E-state index contributed by atoms with van der Waals surface area (Å²) in [7, 11) is 0. The van der Waals surface area contributed by atoms with E-state index in [1.807, 2.05) is 12.3 Å². The molecule has 0 saturated carbocycles. The molecule has 0 aliphatic rings. The van der Waals surface area contributed by atoms with Crippen LogP contribution in [0.3, 0.4) is 0 Å². The molecule has 0 aliphatic carbocycles. The molecule has 0 aromatic carbocycles. The second-order valence-electron chi connectivity index (χ2n) is 4.62. The molecule has 2 aromatic rings. The van der Waals surface area contributed by atoms with Crippen molar-refractivity contribution in [3.8, 4) is 0 Å². The summed E-state index contributed by atoms with van der Waals surface area (Å²) in [5.41, 5.74) is 0. The first kappa shape index (κ1) is 15.2. The fraction of sp³-hybridized carbons (Fsp3) is 0.357. The van der Waals surface area contributed by atoms with Crippen molar-refractivity contribution in [1.29, 1.82) is 0 Å². The van der Waals surface area contributed by atoms with Crippen molar-refractivity contribution < 1.29 is 9.59 Å². The van der Waals surface area contributed by atoms with Crippen molar-refractivity contribution in [1.82, 2.24) is 20.6 Å². The third kappa shape index (κ3) is 3.91. The van der Waals surface area contributed by atoms with Gasteiger partial charge in [-0.15, -0.1) is 11.3 Å². The number of aromatic nitrogens is 2. The van der Waals surface area contributed by atoms with Crippen LogP contribution in [0.1, 0.15) is 41.8 Å². The highest BCUT2D eigenvalue weighted by Crippen LogP contribution is 2.12. The largest absolute Gasteiger partial charge is 0.347 e. The number of H-pyrrole nitrogens is 1. The molecule has 7 heteroatoms. The molecule has 0 bridgehead atoms. The molecule has 3 N–H and O–H groups in total. The molecule has 2 atom stereocenters. The average Bonchev–Trinajstić information content (AvgIpc) is 3.16. The van der Waals surface area contributed by atoms with E-state index in [0.717, 1.165) is 0 Å². The highest BCUT2D eigenvalue weighted by molar-refractivity contribution is 7.12. The molecule has 0 aliphatic heterocycles. The van der Waals surface area contributed by atoms with E-state index < -0.39 is 6.04 Å². The maximum atomic E-state index is 12.1. The first-order valence-electron chi connectivity index (χ1n) is 6.75. The van der Waals surface area contributed by atoms with Gasteiger partial charge >= 0.3 is 0 Å². The molecule has 0 fully saturated rings. The SMILES string of the molecule is CCC(NC(=O)C(C)NC(=O)c1cccs1)c1ncc[nH]1. The van der Waals surface area contributed by atoms with Crippen molar-refractivity contribution in [3.05, 3.63) is 40.6 Å². The topological polar surface area (TPSA) is 86.9 Å². The van der Waals surface area contributed by atoms with Gasteiger partial charge in [0.1, 0.15) is 11.9 Å². The number of hydrogen-bond acceptors (Lipinski definition) is 4. The molecule has 112 valence electrons. The van der Waals surface area contributed by atoms with E-state index in [1.165, 1.54) is 11.3 Å². The summed E-state index contributed by atoms with van der Waals surface area (Å²) >= 11 is 1.34. The summed E-state index contributed by atoms with van der Waals surface area (Å²) in [4.78, 5) is 31.8. The number of hydrogen-bond donors (Lipinski definition) is 3. The molecule has 0 saturated heterocycles. The summed E-state index contributed by atoms with van der Waals surface area (Å²) in [5.74, 6) is 0.240. The summed E-state index contributed by atoms with van der Waals surface area (Å²) in [6.07, 6.45) is 4.07. The smallest absolute Gasteiger partial charge is 0.261 e. The molecule has 6 nitrogen and oxygen atoms in total. The Bertz CT molecular complexity index is 580. The number of carbonyl (C=O) groups is 2. The minimum Gasteiger partial charge on any atom is -0.347 e. The van der Waals surface area contributed by atoms with Crippen LogP contribution in [0.5, 0.6) is 0 Å². The Morgan fingerprint density at radius 2 is 2.24 bits per heavy atom. The van der Waals surface area contributed by atoms with E-state index in [2.05, 4.69) is 20.6 Å². The second kappa shape index (κ2) is 7.03. The zero-order valence-corrected chi connectivity index (χ0v) is 12.7. The third-order valence-electron chi connectivity index (χ3n) is 3.06. The van der Waals surface area contributed by atoms with Crippen LogP contribution in [0.2, 0.25) is 0 Å². The Hall–Kier alpha value is -2.15. The lowest BCUT2D eigenvalue weighted by molar-refractivity contribution is -0.123. The highest BCUT2D eigenvalue weighted by Gasteiger charge is 2.21. The van der Waals surface area contributed by atoms with E-state index >= 15 is 0 Å². The van der Waals surface area contributed by atoms with Crippen LogP contribution in [-0.4, -0.2) is 27.8 Å².